The number of carbonyl (C=O) groups excluding carboxylic acids is 2. The van der Waals surface area contributed by atoms with E-state index in [-0.39, 0.29) is 18.2 Å². The van der Waals surface area contributed by atoms with E-state index >= 15 is 0 Å². The second-order valence-corrected chi connectivity index (χ2v) is 7.58. The number of aryl methyl sites for hydroxylation is 2. The molecule has 5 nitrogen and oxygen atoms in total. The number of benzene rings is 1. The molecular formula is C18H23N3O2S. The van der Waals surface area contributed by atoms with Crippen molar-refractivity contribution in [2.24, 2.45) is 4.99 Å². The van der Waals surface area contributed by atoms with Crippen molar-refractivity contribution in [3.05, 3.63) is 29.3 Å². The molecule has 1 N–H and O–H groups in total. The molecule has 3 rings (SSSR count). The van der Waals surface area contributed by atoms with Gasteiger partial charge in [0, 0.05) is 25.2 Å². The van der Waals surface area contributed by atoms with Crippen LogP contribution < -0.4 is 5.32 Å². The molecule has 1 aromatic rings. The van der Waals surface area contributed by atoms with Gasteiger partial charge in [-0.3, -0.25) is 9.59 Å². The molecule has 1 saturated heterocycles. The van der Waals surface area contributed by atoms with Gasteiger partial charge in [0.1, 0.15) is 5.25 Å². The van der Waals surface area contributed by atoms with E-state index < -0.39 is 5.25 Å². The van der Waals surface area contributed by atoms with E-state index in [0.29, 0.717) is 0 Å². The lowest BCUT2D eigenvalue weighted by Crippen LogP contribution is -2.33. The summed E-state index contributed by atoms with van der Waals surface area (Å²) in [6.45, 7) is 5.85. The van der Waals surface area contributed by atoms with Gasteiger partial charge in [0.15, 0.2) is 5.17 Å². The molecule has 0 bridgehead atoms. The summed E-state index contributed by atoms with van der Waals surface area (Å²) in [5.74, 6) is -0.314. The molecule has 128 valence electrons. The maximum atomic E-state index is 12.4. The number of piperidine rings is 1. The quantitative estimate of drug-likeness (QED) is 0.914. The number of hydrogen-bond donors (Lipinski definition) is 1. The first-order valence-electron chi connectivity index (χ1n) is 8.45. The van der Waals surface area contributed by atoms with Crippen LogP contribution in [0.15, 0.2) is 23.2 Å². The monoisotopic (exact) mass is 345 g/mol. The van der Waals surface area contributed by atoms with Gasteiger partial charge < -0.3 is 10.2 Å². The molecule has 1 fully saturated rings. The number of nitrogens with zero attached hydrogens (tertiary/aromatic N) is 2. The summed E-state index contributed by atoms with van der Waals surface area (Å²) in [4.78, 5) is 30.8. The van der Waals surface area contributed by atoms with Crippen molar-refractivity contribution in [3.63, 3.8) is 0 Å². The lowest BCUT2D eigenvalue weighted by Gasteiger charge is -2.27. The van der Waals surface area contributed by atoms with E-state index in [2.05, 4.69) is 15.2 Å². The third kappa shape index (κ3) is 3.80. The van der Waals surface area contributed by atoms with E-state index in [4.69, 9.17) is 0 Å². The Balaban J connectivity index is 1.58. The van der Waals surface area contributed by atoms with E-state index in [1.165, 1.54) is 18.2 Å². The maximum Gasteiger partial charge on any atom is 0.262 e. The van der Waals surface area contributed by atoms with Gasteiger partial charge in [0.05, 0.1) is 0 Å². The van der Waals surface area contributed by atoms with Crippen LogP contribution in [0.3, 0.4) is 0 Å². The largest absolute Gasteiger partial charge is 0.351 e. The predicted molar refractivity (Wildman–Crippen MR) is 98.4 cm³/mol. The molecule has 2 heterocycles. The number of likely N-dealkylation sites (tertiary alicyclic amines) is 1. The highest BCUT2D eigenvalue weighted by Gasteiger charge is 2.33. The Labute approximate surface area is 146 Å². The SMILES string of the molecule is Cc1cccc(C)c1NC(=O)CC1SC(N2CCCCC2)=NC1=O. The normalized spacial score (nSPS) is 20.9. The molecule has 1 aromatic carbocycles. The number of para-hydroxylation sites is 1. The summed E-state index contributed by atoms with van der Waals surface area (Å²) in [5, 5.41) is 3.35. The van der Waals surface area contributed by atoms with Gasteiger partial charge in [-0.15, -0.1) is 0 Å². The number of hydrogen-bond acceptors (Lipinski definition) is 4. The molecule has 2 aliphatic rings. The Morgan fingerprint density at radius 3 is 2.58 bits per heavy atom. The predicted octanol–water partition coefficient (Wildman–Crippen LogP) is 3.12. The standard InChI is InChI=1S/C18H23N3O2S/c1-12-7-6-8-13(2)16(12)19-15(22)11-14-17(23)20-18(24-14)21-9-4-3-5-10-21/h6-8,14H,3-5,9-11H2,1-2H3,(H,19,22). The Morgan fingerprint density at radius 2 is 1.92 bits per heavy atom. The maximum absolute atomic E-state index is 12.4. The smallest absolute Gasteiger partial charge is 0.262 e. The number of carbonyl (C=O) groups is 2. The van der Waals surface area contributed by atoms with Crippen molar-refractivity contribution in [3.8, 4) is 0 Å². The molecule has 1 unspecified atom stereocenters. The average Bonchev–Trinajstić information content (AvgIpc) is 2.93. The number of thioether (sulfide) groups is 1. The molecular weight excluding hydrogens is 322 g/mol. The van der Waals surface area contributed by atoms with Crippen molar-refractivity contribution < 1.29 is 9.59 Å². The summed E-state index contributed by atoms with van der Waals surface area (Å²) in [6, 6.07) is 5.90. The Kier molecular flexibility index (Phi) is 5.23. The summed E-state index contributed by atoms with van der Waals surface area (Å²) in [5.41, 5.74) is 2.90. The molecule has 0 spiro atoms. The molecule has 0 radical (unpaired) electrons. The topological polar surface area (TPSA) is 61.8 Å². The van der Waals surface area contributed by atoms with Crippen LogP contribution in [0.25, 0.3) is 0 Å². The van der Waals surface area contributed by atoms with Crippen LogP contribution in [0, 0.1) is 13.8 Å². The zero-order valence-electron chi connectivity index (χ0n) is 14.2. The third-order valence-corrected chi connectivity index (χ3v) is 5.68. The number of aliphatic imine (C=N–C) groups is 1. The number of amidine groups is 1. The van der Waals surface area contributed by atoms with Gasteiger partial charge in [-0.2, -0.15) is 4.99 Å². The summed E-state index contributed by atoms with van der Waals surface area (Å²) < 4.78 is 0. The molecule has 0 aliphatic carbocycles. The van der Waals surface area contributed by atoms with E-state index in [1.807, 2.05) is 32.0 Å². The summed E-state index contributed by atoms with van der Waals surface area (Å²) in [6.07, 6.45) is 3.69. The van der Waals surface area contributed by atoms with Crippen LogP contribution in [0.5, 0.6) is 0 Å². The minimum atomic E-state index is -0.397. The first-order chi connectivity index (χ1) is 11.5. The molecule has 2 amide bonds. The fraction of sp³-hybridized carbons (Fsp3) is 0.500. The Hall–Kier alpha value is -1.82. The van der Waals surface area contributed by atoms with E-state index in [0.717, 1.165) is 47.9 Å². The number of anilines is 1. The van der Waals surface area contributed by atoms with Crippen LogP contribution in [0.1, 0.15) is 36.8 Å². The van der Waals surface area contributed by atoms with Gasteiger partial charge in [-0.25, -0.2) is 0 Å². The number of rotatable bonds is 3. The van der Waals surface area contributed by atoms with Gasteiger partial charge in [0.25, 0.3) is 5.91 Å². The Morgan fingerprint density at radius 1 is 1.25 bits per heavy atom. The molecule has 1 atom stereocenters. The van der Waals surface area contributed by atoms with Crippen molar-refractivity contribution >= 4 is 34.4 Å². The zero-order chi connectivity index (χ0) is 17.1. The van der Waals surface area contributed by atoms with Crippen molar-refractivity contribution in [1.82, 2.24) is 4.90 Å². The molecule has 0 aromatic heterocycles. The second-order valence-electron chi connectivity index (χ2n) is 6.41. The van der Waals surface area contributed by atoms with Crippen LogP contribution >= 0.6 is 11.8 Å². The highest BCUT2D eigenvalue weighted by atomic mass is 32.2. The second kappa shape index (κ2) is 7.38. The summed E-state index contributed by atoms with van der Waals surface area (Å²) >= 11 is 1.44. The summed E-state index contributed by atoms with van der Waals surface area (Å²) in [7, 11) is 0. The van der Waals surface area contributed by atoms with Crippen LogP contribution in [0.2, 0.25) is 0 Å². The molecule has 24 heavy (non-hydrogen) atoms. The van der Waals surface area contributed by atoms with Gasteiger partial charge in [-0.1, -0.05) is 30.0 Å². The van der Waals surface area contributed by atoms with Crippen molar-refractivity contribution in [2.45, 2.75) is 44.8 Å². The molecule has 2 aliphatic heterocycles. The van der Waals surface area contributed by atoms with E-state index in [1.54, 1.807) is 0 Å². The number of amides is 2. The van der Waals surface area contributed by atoms with Crippen LogP contribution in [0.4, 0.5) is 5.69 Å². The lowest BCUT2D eigenvalue weighted by molar-refractivity contribution is -0.121. The van der Waals surface area contributed by atoms with Crippen molar-refractivity contribution in [2.75, 3.05) is 18.4 Å². The first kappa shape index (κ1) is 17.0. The van der Waals surface area contributed by atoms with E-state index in [9.17, 15) is 9.59 Å². The minimum absolute atomic E-state index is 0.131. The van der Waals surface area contributed by atoms with Gasteiger partial charge in [-0.05, 0) is 44.2 Å². The fourth-order valence-corrected chi connectivity index (χ4v) is 4.22. The van der Waals surface area contributed by atoms with Crippen LogP contribution in [-0.4, -0.2) is 40.2 Å². The number of nitrogens with one attached hydrogen (secondary N) is 1. The van der Waals surface area contributed by atoms with Gasteiger partial charge >= 0.3 is 0 Å². The molecule has 0 saturated carbocycles. The lowest BCUT2D eigenvalue weighted by atomic mass is 10.1. The Bertz CT molecular complexity index is 661. The van der Waals surface area contributed by atoms with Crippen LogP contribution in [-0.2, 0) is 9.59 Å². The zero-order valence-corrected chi connectivity index (χ0v) is 15.0. The van der Waals surface area contributed by atoms with Gasteiger partial charge in [0.2, 0.25) is 5.91 Å². The third-order valence-electron chi connectivity index (χ3n) is 4.47. The highest BCUT2D eigenvalue weighted by molar-refractivity contribution is 8.15. The first-order valence-corrected chi connectivity index (χ1v) is 9.33. The highest BCUT2D eigenvalue weighted by Crippen LogP contribution is 2.29. The minimum Gasteiger partial charge on any atom is -0.351 e. The molecule has 6 heteroatoms. The average molecular weight is 345 g/mol. The fourth-order valence-electron chi connectivity index (χ4n) is 3.10. The van der Waals surface area contributed by atoms with Crippen molar-refractivity contribution in [1.29, 1.82) is 0 Å².